The van der Waals surface area contributed by atoms with Gasteiger partial charge < -0.3 is 16.4 Å². The Morgan fingerprint density at radius 1 is 0.973 bits per heavy atom. The number of hydrogen-bond donors (Lipinski definition) is 3. The van der Waals surface area contributed by atoms with E-state index in [4.69, 9.17) is 40.5 Å². The highest BCUT2D eigenvalue weighted by Gasteiger charge is 2.67. The minimum absolute atomic E-state index is 0.0348. The van der Waals surface area contributed by atoms with E-state index < -0.39 is 45.5 Å². The molecule has 1 saturated carbocycles. The summed E-state index contributed by atoms with van der Waals surface area (Å²) in [4.78, 5) is 25.7. The van der Waals surface area contributed by atoms with Crippen LogP contribution in [-0.4, -0.2) is 16.1 Å². The van der Waals surface area contributed by atoms with Gasteiger partial charge in [-0.2, -0.15) is 13.2 Å². The molecule has 0 unspecified atom stereocenters. The van der Waals surface area contributed by atoms with Crippen LogP contribution in [0.2, 0.25) is 5.02 Å². The third kappa shape index (κ3) is 5.49. The van der Waals surface area contributed by atoms with Gasteiger partial charge in [0.05, 0.1) is 22.1 Å². The van der Waals surface area contributed by atoms with Gasteiger partial charge in [0.2, 0.25) is 5.91 Å². The third-order valence-electron chi connectivity index (χ3n) is 6.01. The molecule has 0 spiro atoms. The van der Waals surface area contributed by atoms with Crippen LogP contribution in [0.1, 0.15) is 33.0 Å². The first-order valence-corrected chi connectivity index (χ1v) is 11.9. The summed E-state index contributed by atoms with van der Waals surface area (Å²) in [5.41, 5.74) is 6.33. The fourth-order valence-corrected chi connectivity index (χ4v) is 4.97. The molecule has 0 aliphatic heterocycles. The molecule has 1 aliphatic rings. The van der Waals surface area contributed by atoms with Crippen molar-refractivity contribution in [2.24, 2.45) is 5.92 Å². The van der Waals surface area contributed by atoms with E-state index in [-0.39, 0.29) is 21.8 Å². The first kappa shape index (κ1) is 27.0. The van der Waals surface area contributed by atoms with E-state index in [1.807, 2.05) is 6.92 Å². The molecule has 2 amide bonds. The van der Waals surface area contributed by atoms with E-state index in [1.165, 1.54) is 18.2 Å². The average Bonchev–Trinajstić information content (AvgIpc) is 3.39. The Bertz CT molecular complexity index is 1410. The topological polar surface area (TPSA) is 84.2 Å². The summed E-state index contributed by atoms with van der Waals surface area (Å²) in [6.45, 7) is 1.82. The molecule has 4 rings (SSSR count). The molecule has 0 bridgehead atoms. The number of nitrogens with one attached hydrogen (secondary N) is 2. The summed E-state index contributed by atoms with van der Waals surface area (Å²) in [6, 6.07) is 11.5. The molecule has 0 saturated heterocycles. The number of halogens is 7. The first-order valence-electron chi connectivity index (χ1n) is 10.7. The molecule has 3 aromatic rings. The maximum atomic E-state index is 13.7. The SMILES string of the molecule is Cc1ccc(NC(=O)c2cc(NC(=O)[C@H]3[C@H](c4ccc(F)c(C(F)(F)F)c4)C3(Cl)Cl)ccc2Cl)cc1N. The van der Waals surface area contributed by atoms with Gasteiger partial charge in [0, 0.05) is 23.0 Å². The molecule has 0 radical (unpaired) electrons. The number of hydrogen-bond acceptors (Lipinski definition) is 3. The maximum Gasteiger partial charge on any atom is 0.419 e. The van der Waals surface area contributed by atoms with Crippen molar-refractivity contribution in [2.45, 2.75) is 23.4 Å². The lowest BCUT2D eigenvalue weighted by atomic mass is 10.0. The van der Waals surface area contributed by atoms with Crippen molar-refractivity contribution < 1.29 is 27.2 Å². The molecule has 5 nitrogen and oxygen atoms in total. The van der Waals surface area contributed by atoms with E-state index in [9.17, 15) is 27.2 Å². The molecule has 0 aromatic heterocycles. The molecule has 0 heterocycles. The Morgan fingerprint density at radius 3 is 2.27 bits per heavy atom. The second-order valence-electron chi connectivity index (χ2n) is 8.58. The van der Waals surface area contributed by atoms with Gasteiger partial charge in [-0.05, 0) is 60.5 Å². The molecule has 1 fully saturated rings. The number of nitrogens with two attached hydrogens (primary N) is 1. The van der Waals surface area contributed by atoms with E-state index in [1.54, 1.807) is 18.2 Å². The molecular formula is C25H18Cl3F4N3O2. The van der Waals surface area contributed by atoms with Crippen LogP contribution < -0.4 is 16.4 Å². The number of nitrogen functional groups attached to an aromatic ring is 1. The highest BCUT2D eigenvalue weighted by molar-refractivity contribution is 6.53. The van der Waals surface area contributed by atoms with Crippen molar-refractivity contribution in [3.8, 4) is 0 Å². The highest BCUT2D eigenvalue weighted by atomic mass is 35.5. The number of anilines is 3. The number of aryl methyl sites for hydroxylation is 1. The molecule has 2 atom stereocenters. The minimum Gasteiger partial charge on any atom is -0.398 e. The van der Waals surface area contributed by atoms with Gasteiger partial charge in [0.25, 0.3) is 5.91 Å². The van der Waals surface area contributed by atoms with E-state index in [0.29, 0.717) is 23.5 Å². The van der Waals surface area contributed by atoms with Crippen molar-refractivity contribution in [1.82, 2.24) is 0 Å². The smallest absolute Gasteiger partial charge is 0.398 e. The largest absolute Gasteiger partial charge is 0.419 e. The van der Waals surface area contributed by atoms with Gasteiger partial charge in [-0.15, -0.1) is 23.2 Å². The van der Waals surface area contributed by atoms with Gasteiger partial charge in [-0.1, -0.05) is 23.7 Å². The summed E-state index contributed by atoms with van der Waals surface area (Å²) < 4.78 is 51.3. The lowest BCUT2D eigenvalue weighted by molar-refractivity contribution is -0.140. The predicted octanol–water partition coefficient (Wildman–Crippen LogP) is 7.17. The summed E-state index contributed by atoms with van der Waals surface area (Å²) >= 11 is 18.6. The number of carbonyl (C=O) groups excluding carboxylic acids is 2. The normalized spacial score (nSPS) is 18.3. The maximum absolute atomic E-state index is 13.7. The first-order chi connectivity index (χ1) is 17.2. The number of amides is 2. The van der Waals surface area contributed by atoms with E-state index >= 15 is 0 Å². The number of carbonyl (C=O) groups is 2. The summed E-state index contributed by atoms with van der Waals surface area (Å²) in [5.74, 6) is -4.87. The Hall–Kier alpha value is -3.01. The fraction of sp³-hybridized carbons (Fsp3) is 0.200. The van der Waals surface area contributed by atoms with E-state index in [2.05, 4.69) is 10.6 Å². The number of alkyl halides is 5. The Balaban J connectivity index is 1.52. The molecule has 12 heteroatoms. The van der Waals surface area contributed by atoms with Crippen LogP contribution in [0.4, 0.5) is 34.6 Å². The zero-order chi connectivity index (χ0) is 27.3. The van der Waals surface area contributed by atoms with Crippen LogP contribution in [0, 0.1) is 18.7 Å². The number of rotatable bonds is 5. The lowest BCUT2D eigenvalue weighted by Gasteiger charge is -2.11. The zero-order valence-corrected chi connectivity index (χ0v) is 21.2. The molecule has 1 aliphatic carbocycles. The fourth-order valence-electron chi connectivity index (χ4n) is 3.93. The summed E-state index contributed by atoms with van der Waals surface area (Å²) in [7, 11) is 0. The second-order valence-corrected chi connectivity index (χ2v) is 10.4. The molecule has 4 N–H and O–H groups in total. The summed E-state index contributed by atoms with van der Waals surface area (Å²) in [6.07, 6.45) is -4.93. The van der Waals surface area contributed by atoms with Crippen molar-refractivity contribution >= 4 is 63.7 Å². The Labute approximate surface area is 223 Å². The van der Waals surface area contributed by atoms with Crippen LogP contribution in [0.25, 0.3) is 0 Å². The lowest BCUT2D eigenvalue weighted by Crippen LogP contribution is -2.18. The zero-order valence-electron chi connectivity index (χ0n) is 18.9. The highest BCUT2D eigenvalue weighted by Crippen LogP contribution is 2.65. The van der Waals surface area contributed by atoms with Gasteiger partial charge in [-0.25, -0.2) is 4.39 Å². The minimum atomic E-state index is -4.93. The molecule has 37 heavy (non-hydrogen) atoms. The predicted molar refractivity (Wildman–Crippen MR) is 136 cm³/mol. The Morgan fingerprint density at radius 2 is 1.62 bits per heavy atom. The van der Waals surface area contributed by atoms with Crippen LogP contribution in [0.5, 0.6) is 0 Å². The van der Waals surface area contributed by atoms with Crippen LogP contribution in [-0.2, 0) is 11.0 Å². The molecule has 194 valence electrons. The van der Waals surface area contributed by atoms with Crippen molar-refractivity contribution in [3.05, 3.63) is 87.7 Å². The van der Waals surface area contributed by atoms with Crippen LogP contribution >= 0.6 is 34.8 Å². The van der Waals surface area contributed by atoms with Crippen molar-refractivity contribution in [2.75, 3.05) is 16.4 Å². The quantitative estimate of drug-likeness (QED) is 0.172. The van der Waals surface area contributed by atoms with Crippen molar-refractivity contribution in [1.29, 1.82) is 0 Å². The van der Waals surface area contributed by atoms with E-state index in [0.717, 1.165) is 11.6 Å². The van der Waals surface area contributed by atoms with Crippen LogP contribution in [0.3, 0.4) is 0 Å². The van der Waals surface area contributed by atoms with Gasteiger partial charge in [0.1, 0.15) is 10.2 Å². The third-order valence-corrected chi connectivity index (χ3v) is 7.28. The van der Waals surface area contributed by atoms with Crippen molar-refractivity contribution in [3.63, 3.8) is 0 Å². The second kappa shape index (κ2) is 9.70. The summed E-state index contributed by atoms with van der Waals surface area (Å²) in [5, 5.41) is 5.33. The van der Waals surface area contributed by atoms with Gasteiger partial charge in [0.15, 0.2) is 0 Å². The molecule has 3 aromatic carbocycles. The monoisotopic (exact) mass is 573 g/mol. The van der Waals surface area contributed by atoms with Crippen LogP contribution in [0.15, 0.2) is 54.6 Å². The van der Waals surface area contributed by atoms with Gasteiger partial charge in [-0.3, -0.25) is 9.59 Å². The standard InChI is InChI=1S/C25H18Cl3F4N3O2/c1-11-2-4-14(10-19(11)33)34-22(36)15-9-13(5-6-17(15)26)35-23(37)21-20(24(21,27)28)12-3-7-18(29)16(8-12)25(30,31)32/h2-10,20-21H,33H2,1H3,(H,34,36)(H,35,37)/t20-,21+/m0/s1. The molecular weight excluding hydrogens is 557 g/mol. The number of benzene rings is 3. The Kier molecular flexibility index (Phi) is 7.09. The van der Waals surface area contributed by atoms with Gasteiger partial charge >= 0.3 is 6.18 Å². The average molecular weight is 575 g/mol.